The third-order valence-electron chi connectivity index (χ3n) is 4.41. The van der Waals surface area contributed by atoms with Gasteiger partial charge < -0.3 is 24.8 Å². The van der Waals surface area contributed by atoms with Crippen LogP contribution in [-0.4, -0.2) is 62.0 Å². The number of likely N-dealkylation sites (tertiary alicyclic amines) is 1. The number of ether oxygens (including phenoxy) is 2. The van der Waals surface area contributed by atoms with E-state index >= 15 is 0 Å². The molecule has 2 rings (SSSR count). The fraction of sp³-hybridized carbons (Fsp3) is 0.632. The van der Waals surface area contributed by atoms with Crippen molar-refractivity contribution in [1.29, 1.82) is 0 Å². The maximum atomic E-state index is 10.1. The predicted octanol–water partition coefficient (Wildman–Crippen LogP) is 3.03. The predicted molar refractivity (Wildman–Crippen MR) is 116 cm³/mol. The Labute approximate surface area is 174 Å². The monoisotopic (exact) mass is 477 g/mol. The summed E-state index contributed by atoms with van der Waals surface area (Å²) in [4.78, 5) is 7.03. The summed E-state index contributed by atoms with van der Waals surface area (Å²) in [6.07, 6.45) is 3.15. The third-order valence-corrected chi connectivity index (χ3v) is 4.41. The molecule has 0 aromatic heterocycles. The van der Waals surface area contributed by atoms with Crippen LogP contribution in [0.1, 0.15) is 32.3 Å². The van der Waals surface area contributed by atoms with Crippen molar-refractivity contribution in [2.75, 3.05) is 39.9 Å². The van der Waals surface area contributed by atoms with Crippen LogP contribution in [0.4, 0.5) is 0 Å². The number of phenols is 1. The Morgan fingerprint density at radius 3 is 2.62 bits per heavy atom. The van der Waals surface area contributed by atoms with Gasteiger partial charge in [0.05, 0.1) is 13.2 Å². The second-order valence-electron chi connectivity index (χ2n) is 6.12. The van der Waals surface area contributed by atoms with Gasteiger partial charge in [-0.2, -0.15) is 0 Å². The minimum atomic E-state index is 0. The lowest BCUT2D eigenvalue weighted by atomic mass is 10.1. The van der Waals surface area contributed by atoms with Crippen molar-refractivity contribution in [3.05, 3.63) is 23.8 Å². The Balaban J connectivity index is 0.00000338. The number of aliphatic imine (C=N–C) groups is 1. The fourth-order valence-electron chi connectivity index (χ4n) is 3.06. The average molecular weight is 477 g/mol. The molecular weight excluding hydrogens is 445 g/mol. The largest absolute Gasteiger partial charge is 0.508 e. The molecule has 0 spiro atoms. The fourth-order valence-corrected chi connectivity index (χ4v) is 3.06. The van der Waals surface area contributed by atoms with Crippen LogP contribution < -0.4 is 10.1 Å². The Morgan fingerprint density at radius 1 is 1.31 bits per heavy atom. The van der Waals surface area contributed by atoms with Crippen LogP contribution in [0.15, 0.2) is 23.2 Å². The number of piperidine rings is 1. The Bertz CT molecular complexity index is 561. The van der Waals surface area contributed by atoms with Gasteiger partial charge in [-0.1, -0.05) is 6.07 Å². The zero-order valence-corrected chi connectivity index (χ0v) is 18.4. The second-order valence-corrected chi connectivity index (χ2v) is 6.12. The average Bonchev–Trinajstić information content (AvgIpc) is 2.63. The van der Waals surface area contributed by atoms with Gasteiger partial charge in [-0.15, -0.1) is 24.0 Å². The van der Waals surface area contributed by atoms with Crippen molar-refractivity contribution in [2.24, 2.45) is 4.99 Å². The van der Waals surface area contributed by atoms with Crippen LogP contribution in [0.2, 0.25) is 0 Å². The smallest absolute Gasteiger partial charge is 0.193 e. The number of phenolic OH excluding ortho intramolecular Hbond substituents is 1. The number of methoxy groups -OCH3 is 1. The molecule has 1 saturated heterocycles. The highest BCUT2D eigenvalue weighted by Gasteiger charge is 2.21. The van der Waals surface area contributed by atoms with Gasteiger partial charge in [0.2, 0.25) is 0 Å². The van der Waals surface area contributed by atoms with Crippen molar-refractivity contribution in [3.63, 3.8) is 0 Å². The van der Waals surface area contributed by atoms with E-state index in [0.717, 1.165) is 50.6 Å². The van der Waals surface area contributed by atoms with E-state index in [1.807, 2.05) is 19.1 Å². The molecule has 7 heteroatoms. The molecule has 2 N–H and O–H groups in total. The molecule has 0 bridgehead atoms. The summed E-state index contributed by atoms with van der Waals surface area (Å²) >= 11 is 0. The number of nitrogens with zero attached hydrogens (tertiary/aromatic N) is 2. The summed E-state index contributed by atoms with van der Waals surface area (Å²) in [5, 5.41) is 13.4. The van der Waals surface area contributed by atoms with Crippen LogP contribution in [-0.2, 0) is 11.2 Å². The SMILES string of the molecule is CCNC(=NCCc1ccc(OC)cc1O)N1CCC(OCC)CC1.I. The number of guanidine groups is 1. The normalized spacial score (nSPS) is 15.5. The lowest BCUT2D eigenvalue weighted by molar-refractivity contribution is 0.0264. The first-order valence-corrected chi connectivity index (χ1v) is 9.18. The van der Waals surface area contributed by atoms with E-state index in [0.29, 0.717) is 24.8 Å². The van der Waals surface area contributed by atoms with E-state index in [9.17, 15) is 5.11 Å². The van der Waals surface area contributed by atoms with Gasteiger partial charge in [0.15, 0.2) is 5.96 Å². The molecule has 0 radical (unpaired) electrons. The number of aromatic hydroxyl groups is 1. The van der Waals surface area contributed by atoms with E-state index < -0.39 is 0 Å². The highest BCUT2D eigenvalue weighted by Crippen LogP contribution is 2.23. The van der Waals surface area contributed by atoms with Crippen LogP contribution in [0.25, 0.3) is 0 Å². The molecule has 1 aromatic carbocycles. The first kappa shape index (κ1) is 22.8. The van der Waals surface area contributed by atoms with Crippen molar-refractivity contribution in [1.82, 2.24) is 10.2 Å². The minimum absolute atomic E-state index is 0. The molecule has 148 valence electrons. The molecule has 1 heterocycles. The number of nitrogens with one attached hydrogen (secondary N) is 1. The topological polar surface area (TPSA) is 66.3 Å². The minimum Gasteiger partial charge on any atom is -0.508 e. The van der Waals surface area contributed by atoms with Crippen molar-refractivity contribution in [3.8, 4) is 11.5 Å². The van der Waals surface area contributed by atoms with E-state index in [1.165, 1.54) is 0 Å². The molecule has 0 amide bonds. The summed E-state index contributed by atoms with van der Waals surface area (Å²) in [6, 6.07) is 5.40. The lowest BCUT2D eigenvalue weighted by Crippen LogP contribution is -2.47. The van der Waals surface area contributed by atoms with Crippen LogP contribution >= 0.6 is 24.0 Å². The standard InChI is InChI=1S/C19H31N3O3.HI/c1-4-20-19(22-12-9-16(10-13-22)25-5-2)21-11-8-15-6-7-17(24-3)14-18(15)23;/h6-7,14,16,23H,4-5,8-13H2,1-3H3,(H,20,21);1H. The maximum absolute atomic E-state index is 10.1. The zero-order chi connectivity index (χ0) is 18.1. The first-order valence-electron chi connectivity index (χ1n) is 9.18. The Hall–Kier alpha value is -1.22. The van der Waals surface area contributed by atoms with Gasteiger partial charge >= 0.3 is 0 Å². The highest BCUT2D eigenvalue weighted by molar-refractivity contribution is 14.0. The lowest BCUT2D eigenvalue weighted by Gasteiger charge is -2.34. The van der Waals surface area contributed by atoms with E-state index in [-0.39, 0.29) is 29.7 Å². The number of benzene rings is 1. The molecule has 1 aliphatic heterocycles. The van der Waals surface area contributed by atoms with Crippen LogP contribution in [0, 0.1) is 0 Å². The molecule has 0 saturated carbocycles. The molecule has 26 heavy (non-hydrogen) atoms. The summed E-state index contributed by atoms with van der Waals surface area (Å²) in [5.74, 6) is 1.87. The van der Waals surface area contributed by atoms with Crippen molar-refractivity contribution in [2.45, 2.75) is 39.2 Å². The van der Waals surface area contributed by atoms with E-state index in [1.54, 1.807) is 13.2 Å². The van der Waals surface area contributed by atoms with Crippen molar-refractivity contribution < 1.29 is 14.6 Å². The molecule has 0 unspecified atom stereocenters. The van der Waals surface area contributed by atoms with Crippen molar-refractivity contribution >= 4 is 29.9 Å². The molecular formula is C19H32IN3O3. The first-order chi connectivity index (χ1) is 12.2. The van der Waals surface area contributed by atoms with Gasteiger partial charge in [0, 0.05) is 38.9 Å². The van der Waals surface area contributed by atoms with Gasteiger partial charge in [-0.25, -0.2) is 0 Å². The molecule has 1 aromatic rings. The van der Waals surface area contributed by atoms with Gasteiger partial charge in [-0.05, 0) is 44.7 Å². The quantitative estimate of drug-likeness (QED) is 0.359. The van der Waals surface area contributed by atoms with Gasteiger partial charge in [0.1, 0.15) is 11.5 Å². The van der Waals surface area contributed by atoms with Gasteiger partial charge in [0.25, 0.3) is 0 Å². The van der Waals surface area contributed by atoms with E-state index in [2.05, 4.69) is 17.1 Å². The highest BCUT2D eigenvalue weighted by atomic mass is 127. The maximum Gasteiger partial charge on any atom is 0.193 e. The molecule has 1 fully saturated rings. The second kappa shape index (κ2) is 12.2. The summed E-state index contributed by atoms with van der Waals surface area (Å²) in [7, 11) is 1.59. The number of hydrogen-bond acceptors (Lipinski definition) is 4. The van der Waals surface area contributed by atoms with Gasteiger partial charge in [-0.3, -0.25) is 4.99 Å². The molecule has 1 aliphatic rings. The number of halogens is 1. The molecule has 0 aliphatic carbocycles. The summed E-state index contributed by atoms with van der Waals surface area (Å²) in [6.45, 7) is 8.31. The molecule has 0 atom stereocenters. The van der Waals surface area contributed by atoms with Crippen LogP contribution in [0.3, 0.4) is 0 Å². The molecule has 6 nitrogen and oxygen atoms in total. The summed E-state index contributed by atoms with van der Waals surface area (Å²) in [5.41, 5.74) is 0.885. The number of rotatable bonds is 7. The zero-order valence-electron chi connectivity index (χ0n) is 16.0. The number of hydrogen-bond donors (Lipinski definition) is 2. The Kier molecular flexibility index (Phi) is 10.7. The summed E-state index contributed by atoms with van der Waals surface area (Å²) < 4.78 is 10.8. The Morgan fingerprint density at radius 2 is 2.04 bits per heavy atom. The third kappa shape index (κ3) is 6.83. The van der Waals surface area contributed by atoms with Crippen LogP contribution in [0.5, 0.6) is 11.5 Å². The van der Waals surface area contributed by atoms with E-state index in [4.69, 9.17) is 14.5 Å².